The average molecular weight is 444 g/mol. The van der Waals surface area contributed by atoms with Gasteiger partial charge in [-0.25, -0.2) is 9.42 Å². The molecule has 1 unspecified atom stereocenters. The first-order valence-electron chi connectivity index (χ1n) is 10.2. The molecule has 1 aliphatic rings. The number of para-hydroxylation sites is 1. The fourth-order valence-corrected chi connectivity index (χ4v) is 4.07. The lowest BCUT2D eigenvalue weighted by Gasteiger charge is -2.26. The van der Waals surface area contributed by atoms with Crippen LogP contribution in [0, 0.1) is 0 Å². The number of rotatable bonds is 6. The van der Waals surface area contributed by atoms with Crippen LogP contribution in [0.1, 0.15) is 16.7 Å². The quantitative estimate of drug-likeness (QED) is 0.450. The maximum Gasteiger partial charge on any atom is 0.342 e. The minimum absolute atomic E-state index is 0.211. The number of hydrogen-bond acceptors (Lipinski definition) is 8. The number of esters is 1. The molecule has 8 heteroatoms. The molecule has 0 aliphatic carbocycles. The van der Waals surface area contributed by atoms with Crippen LogP contribution in [0.3, 0.4) is 0 Å². The van der Waals surface area contributed by atoms with Crippen molar-refractivity contribution in [3.8, 4) is 11.5 Å². The summed E-state index contributed by atoms with van der Waals surface area (Å²) in [5.74, 6) is -1.37. The molecule has 0 saturated heterocycles. The van der Waals surface area contributed by atoms with E-state index in [0.717, 1.165) is 5.56 Å². The van der Waals surface area contributed by atoms with Crippen molar-refractivity contribution in [2.24, 2.45) is 0 Å². The second-order valence-corrected chi connectivity index (χ2v) is 7.57. The zero-order valence-electron chi connectivity index (χ0n) is 17.9. The molecular formula is C25H20N2O6. The van der Waals surface area contributed by atoms with E-state index in [2.05, 4.69) is 10.3 Å². The average Bonchev–Trinajstić information content (AvgIpc) is 3.41. The van der Waals surface area contributed by atoms with Crippen molar-refractivity contribution >= 4 is 22.6 Å². The highest BCUT2D eigenvalue weighted by molar-refractivity contribution is 6.20. The van der Waals surface area contributed by atoms with Gasteiger partial charge in [0.1, 0.15) is 22.5 Å². The number of aromatic nitrogens is 2. The van der Waals surface area contributed by atoms with Crippen LogP contribution in [0.4, 0.5) is 0 Å². The van der Waals surface area contributed by atoms with Gasteiger partial charge in [0.25, 0.3) is 5.79 Å². The second kappa shape index (κ2) is 8.07. The Labute approximate surface area is 189 Å². The molecule has 0 spiro atoms. The number of benzene rings is 3. The van der Waals surface area contributed by atoms with Gasteiger partial charge < -0.3 is 19.3 Å². The third kappa shape index (κ3) is 3.50. The van der Waals surface area contributed by atoms with E-state index in [0.29, 0.717) is 39.2 Å². The van der Waals surface area contributed by atoms with E-state index in [-0.39, 0.29) is 12.0 Å². The van der Waals surface area contributed by atoms with E-state index >= 15 is 0 Å². The topological polar surface area (TPSA) is 104 Å². The van der Waals surface area contributed by atoms with Crippen molar-refractivity contribution in [2.75, 3.05) is 14.2 Å². The Morgan fingerprint density at radius 2 is 1.70 bits per heavy atom. The molecule has 166 valence electrons. The van der Waals surface area contributed by atoms with Gasteiger partial charge in [-0.15, -0.1) is 0 Å². The summed E-state index contributed by atoms with van der Waals surface area (Å²) in [4.78, 5) is 13.2. The molecular weight excluding hydrogens is 424 g/mol. The van der Waals surface area contributed by atoms with E-state index in [4.69, 9.17) is 18.8 Å². The molecule has 1 atom stereocenters. The van der Waals surface area contributed by atoms with E-state index < -0.39 is 11.8 Å². The Morgan fingerprint density at radius 3 is 2.45 bits per heavy atom. The van der Waals surface area contributed by atoms with E-state index in [1.807, 2.05) is 24.3 Å². The standard InChI is InChI=1S/C25H20N2O6/c1-30-18-10-8-17(9-11-18)25(29)19(13-15-5-3-4-6-22(15)31-2)23(24(28)32-25)16-7-12-20-21(14-16)27-33-26-20/h3-12,14,29H,13H2,1-2H3. The molecule has 5 rings (SSSR count). The number of ether oxygens (including phenoxy) is 3. The summed E-state index contributed by atoms with van der Waals surface area (Å²) >= 11 is 0. The fourth-order valence-electron chi connectivity index (χ4n) is 4.07. The zero-order valence-corrected chi connectivity index (χ0v) is 17.9. The Morgan fingerprint density at radius 1 is 0.939 bits per heavy atom. The van der Waals surface area contributed by atoms with Gasteiger partial charge in [-0.3, -0.25) is 0 Å². The number of carbonyl (C=O) groups excluding carboxylic acids is 1. The Bertz CT molecular complexity index is 1380. The van der Waals surface area contributed by atoms with Gasteiger partial charge in [0.2, 0.25) is 0 Å². The highest BCUT2D eigenvalue weighted by Gasteiger charge is 2.48. The number of fused-ring (bicyclic) bond motifs is 1. The molecule has 33 heavy (non-hydrogen) atoms. The molecule has 1 N–H and O–H groups in total. The summed E-state index contributed by atoms with van der Waals surface area (Å²) in [6.07, 6.45) is 0.211. The molecule has 0 fully saturated rings. The maximum atomic E-state index is 13.2. The van der Waals surface area contributed by atoms with Gasteiger partial charge in [0.05, 0.1) is 19.8 Å². The Hall–Kier alpha value is -4.17. The minimum Gasteiger partial charge on any atom is -0.497 e. The van der Waals surface area contributed by atoms with Gasteiger partial charge in [0.15, 0.2) is 0 Å². The van der Waals surface area contributed by atoms with Gasteiger partial charge >= 0.3 is 5.97 Å². The van der Waals surface area contributed by atoms with Crippen LogP contribution < -0.4 is 9.47 Å². The lowest BCUT2D eigenvalue weighted by Crippen LogP contribution is -2.29. The number of carbonyl (C=O) groups is 1. The molecule has 0 radical (unpaired) electrons. The van der Waals surface area contributed by atoms with Crippen LogP contribution in [0.15, 0.2) is 76.9 Å². The number of cyclic esters (lactones) is 1. The second-order valence-electron chi connectivity index (χ2n) is 7.57. The van der Waals surface area contributed by atoms with E-state index in [1.54, 1.807) is 56.7 Å². The molecule has 8 nitrogen and oxygen atoms in total. The third-order valence-electron chi connectivity index (χ3n) is 5.74. The molecule has 0 saturated carbocycles. The van der Waals surface area contributed by atoms with E-state index in [9.17, 15) is 9.90 Å². The zero-order chi connectivity index (χ0) is 23.0. The molecule has 0 amide bonds. The van der Waals surface area contributed by atoms with E-state index in [1.165, 1.54) is 0 Å². The van der Waals surface area contributed by atoms with Crippen LogP contribution in [0.25, 0.3) is 16.6 Å². The number of methoxy groups -OCH3 is 2. The van der Waals surface area contributed by atoms with Crippen LogP contribution >= 0.6 is 0 Å². The first-order chi connectivity index (χ1) is 16.0. The number of aliphatic hydroxyl groups is 1. The number of nitrogens with zero attached hydrogens (tertiary/aromatic N) is 2. The maximum absolute atomic E-state index is 13.2. The van der Waals surface area contributed by atoms with Gasteiger partial charge in [-0.2, -0.15) is 0 Å². The highest BCUT2D eigenvalue weighted by Crippen LogP contribution is 2.45. The first-order valence-corrected chi connectivity index (χ1v) is 10.2. The summed E-state index contributed by atoms with van der Waals surface area (Å²) in [6.45, 7) is 0. The SMILES string of the molecule is COc1ccc(C2(O)OC(=O)C(c3ccc4nonc4c3)=C2Cc2ccccc2OC)cc1. The van der Waals surface area contributed by atoms with Gasteiger partial charge in [0, 0.05) is 17.6 Å². The van der Waals surface area contributed by atoms with Crippen molar-refractivity contribution < 1.29 is 28.7 Å². The summed E-state index contributed by atoms with van der Waals surface area (Å²) in [5, 5.41) is 19.4. The van der Waals surface area contributed by atoms with Crippen LogP contribution in [-0.4, -0.2) is 35.6 Å². The minimum atomic E-state index is -1.98. The van der Waals surface area contributed by atoms with Gasteiger partial charge in [-0.1, -0.05) is 24.3 Å². The monoisotopic (exact) mass is 444 g/mol. The lowest BCUT2D eigenvalue weighted by atomic mass is 9.87. The summed E-state index contributed by atoms with van der Waals surface area (Å²) in [5.41, 5.74) is 3.43. The number of hydrogen-bond donors (Lipinski definition) is 1. The summed E-state index contributed by atoms with van der Waals surface area (Å²) in [6, 6.07) is 19.3. The summed E-state index contributed by atoms with van der Waals surface area (Å²) in [7, 11) is 3.13. The predicted molar refractivity (Wildman–Crippen MR) is 118 cm³/mol. The lowest BCUT2D eigenvalue weighted by molar-refractivity contribution is -0.185. The van der Waals surface area contributed by atoms with Crippen molar-refractivity contribution in [1.82, 2.24) is 10.3 Å². The Balaban J connectivity index is 1.71. The molecule has 0 bridgehead atoms. The Kier molecular flexibility index (Phi) is 5.07. The molecule has 2 heterocycles. The summed E-state index contributed by atoms with van der Waals surface area (Å²) < 4.78 is 21.1. The van der Waals surface area contributed by atoms with Crippen molar-refractivity contribution in [2.45, 2.75) is 12.2 Å². The molecule has 1 aliphatic heterocycles. The van der Waals surface area contributed by atoms with Crippen LogP contribution in [-0.2, 0) is 21.7 Å². The smallest absolute Gasteiger partial charge is 0.342 e. The molecule has 1 aromatic heterocycles. The fraction of sp³-hybridized carbons (Fsp3) is 0.160. The highest BCUT2D eigenvalue weighted by atomic mass is 16.7. The van der Waals surface area contributed by atoms with Crippen molar-refractivity contribution in [3.05, 3.63) is 89.0 Å². The van der Waals surface area contributed by atoms with Crippen LogP contribution in [0.5, 0.6) is 11.5 Å². The third-order valence-corrected chi connectivity index (χ3v) is 5.74. The predicted octanol–water partition coefficient (Wildman–Crippen LogP) is 3.64. The van der Waals surface area contributed by atoms with Gasteiger partial charge in [-0.05, 0) is 63.9 Å². The first kappa shape index (κ1) is 20.7. The normalized spacial score (nSPS) is 18.0. The molecule has 4 aromatic rings. The largest absolute Gasteiger partial charge is 0.497 e. The molecule has 3 aromatic carbocycles. The van der Waals surface area contributed by atoms with Crippen LogP contribution in [0.2, 0.25) is 0 Å². The van der Waals surface area contributed by atoms with Crippen molar-refractivity contribution in [1.29, 1.82) is 0 Å². The van der Waals surface area contributed by atoms with Crippen molar-refractivity contribution in [3.63, 3.8) is 0 Å².